The highest BCUT2D eigenvalue weighted by atomic mass is 16.5. The number of benzene rings is 3. The Morgan fingerprint density at radius 1 is 0.895 bits per heavy atom. The topological polar surface area (TPSA) is 65.4 Å². The summed E-state index contributed by atoms with van der Waals surface area (Å²) in [6.07, 6.45) is 2.89. The third-order valence-corrected chi connectivity index (χ3v) is 7.67. The molecule has 3 aromatic rings. The van der Waals surface area contributed by atoms with Crippen LogP contribution in [0.1, 0.15) is 48.4 Å². The number of methoxy groups -OCH3 is 1. The zero-order chi connectivity index (χ0) is 26.9. The molecule has 0 aromatic heterocycles. The number of aromatic hydroxyl groups is 1. The number of phenols is 1. The second kappa shape index (κ2) is 13.5. The Bertz CT molecular complexity index is 1160. The number of rotatable bonds is 13. The Kier molecular flexibility index (Phi) is 9.91. The number of aliphatic hydroxyl groups is 1. The van der Waals surface area contributed by atoms with E-state index in [4.69, 9.17) is 9.47 Å². The summed E-state index contributed by atoms with van der Waals surface area (Å²) in [7, 11) is 1.69. The van der Waals surface area contributed by atoms with Gasteiger partial charge in [0.2, 0.25) is 0 Å². The standard InChI is InChI=1S/C32H42N2O4/c1-4-33(5-2)17-19-38-29-12-6-24(7-13-29)23-34(16-18-35)32-22-30(37-3)14-15-31(32)27-9-8-26-21-28(36)11-10-25(26)20-27/h6-7,10-15,21-22,27,35-36H,4-5,8-9,16-20,23H2,1-3H3/t27-/m1/s1. The summed E-state index contributed by atoms with van der Waals surface area (Å²) in [6, 6.07) is 20.3. The molecule has 4 rings (SSSR count). The quantitative estimate of drug-likeness (QED) is 0.316. The maximum absolute atomic E-state index is 9.97. The summed E-state index contributed by atoms with van der Waals surface area (Å²) in [5, 5.41) is 19.9. The number of fused-ring (bicyclic) bond motifs is 1. The number of hydrogen-bond donors (Lipinski definition) is 2. The number of aryl methyl sites for hydroxylation is 1. The monoisotopic (exact) mass is 518 g/mol. The summed E-state index contributed by atoms with van der Waals surface area (Å²) >= 11 is 0. The van der Waals surface area contributed by atoms with Gasteiger partial charge in [-0.05, 0) is 90.9 Å². The second-order valence-electron chi connectivity index (χ2n) is 9.98. The van der Waals surface area contributed by atoms with Crippen molar-refractivity contribution in [1.29, 1.82) is 0 Å². The fourth-order valence-corrected chi connectivity index (χ4v) is 5.43. The van der Waals surface area contributed by atoms with Crippen LogP contribution in [-0.4, -0.2) is 61.6 Å². The van der Waals surface area contributed by atoms with E-state index in [0.29, 0.717) is 31.4 Å². The molecule has 6 nitrogen and oxygen atoms in total. The summed E-state index contributed by atoms with van der Waals surface area (Å²) in [5.74, 6) is 2.38. The first kappa shape index (κ1) is 27.8. The van der Waals surface area contributed by atoms with Crippen molar-refractivity contribution < 1.29 is 19.7 Å². The van der Waals surface area contributed by atoms with Crippen molar-refractivity contribution in [3.8, 4) is 17.2 Å². The average Bonchev–Trinajstić information content (AvgIpc) is 2.95. The van der Waals surface area contributed by atoms with E-state index in [0.717, 1.165) is 61.6 Å². The van der Waals surface area contributed by atoms with E-state index in [9.17, 15) is 10.2 Å². The first-order chi connectivity index (χ1) is 18.5. The fraction of sp³-hybridized carbons (Fsp3) is 0.438. The van der Waals surface area contributed by atoms with Gasteiger partial charge in [0.25, 0.3) is 0 Å². The third-order valence-electron chi connectivity index (χ3n) is 7.67. The molecule has 1 aliphatic rings. The maximum atomic E-state index is 9.97. The lowest BCUT2D eigenvalue weighted by Gasteiger charge is -2.32. The van der Waals surface area contributed by atoms with Crippen molar-refractivity contribution >= 4 is 5.69 Å². The van der Waals surface area contributed by atoms with Gasteiger partial charge in [0, 0.05) is 31.4 Å². The van der Waals surface area contributed by atoms with E-state index in [1.807, 2.05) is 24.3 Å². The maximum Gasteiger partial charge on any atom is 0.120 e. The second-order valence-corrected chi connectivity index (χ2v) is 9.98. The molecular formula is C32H42N2O4. The summed E-state index contributed by atoms with van der Waals surface area (Å²) < 4.78 is 11.6. The van der Waals surface area contributed by atoms with E-state index < -0.39 is 0 Å². The molecule has 0 unspecified atom stereocenters. The zero-order valence-corrected chi connectivity index (χ0v) is 23.0. The molecule has 0 radical (unpaired) electrons. The van der Waals surface area contributed by atoms with Gasteiger partial charge in [-0.1, -0.05) is 38.1 Å². The molecule has 3 aromatic carbocycles. The summed E-state index contributed by atoms with van der Waals surface area (Å²) in [4.78, 5) is 4.60. The molecule has 1 aliphatic carbocycles. The number of ether oxygens (including phenoxy) is 2. The van der Waals surface area contributed by atoms with Crippen LogP contribution in [0.5, 0.6) is 17.2 Å². The molecular weight excluding hydrogens is 476 g/mol. The van der Waals surface area contributed by atoms with Crippen LogP contribution in [0.15, 0.2) is 60.7 Å². The lowest BCUT2D eigenvalue weighted by atomic mass is 9.79. The lowest BCUT2D eigenvalue weighted by Crippen LogP contribution is -2.28. The summed E-state index contributed by atoms with van der Waals surface area (Å²) in [6.45, 7) is 9.27. The van der Waals surface area contributed by atoms with Gasteiger partial charge in [0.1, 0.15) is 23.9 Å². The van der Waals surface area contributed by atoms with Crippen molar-refractivity contribution in [2.45, 2.75) is 45.6 Å². The van der Waals surface area contributed by atoms with Crippen molar-refractivity contribution in [1.82, 2.24) is 4.90 Å². The average molecular weight is 519 g/mol. The van der Waals surface area contributed by atoms with Crippen molar-refractivity contribution in [3.63, 3.8) is 0 Å². The van der Waals surface area contributed by atoms with Crippen LogP contribution in [0.4, 0.5) is 5.69 Å². The third kappa shape index (κ3) is 7.00. The first-order valence-corrected chi connectivity index (χ1v) is 13.8. The Morgan fingerprint density at radius 2 is 1.66 bits per heavy atom. The predicted octanol–water partition coefficient (Wildman–Crippen LogP) is 5.39. The minimum Gasteiger partial charge on any atom is -0.508 e. The Balaban J connectivity index is 1.52. The normalized spacial score (nSPS) is 14.8. The molecule has 0 amide bonds. The van der Waals surface area contributed by atoms with Crippen LogP contribution in [0.25, 0.3) is 0 Å². The minimum absolute atomic E-state index is 0.0655. The van der Waals surface area contributed by atoms with Crippen LogP contribution in [0, 0.1) is 0 Å². The zero-order valence-electron chi connectivity index (χ0n) is 23.0. The molecule has 0 bridgehead atoms. The Labute approximate surface area is 227 Å². The van der Waals surface area contributed by atoms with Gasteiger partial charge in [-0.2, -0.15) is 0 Å². The number of aliphatic hydroxyl groups excluding tert-OH is 1. The highest BCUT2D eigenvalue weighted by molar-refractivity contribution is 5.60. The molecule has 0 aliphatic heterocycles. The lowest BCUT2D eigenvalue weighted by molar-refractivity contribution is 0.223. The molecule has 2 N–H and O–H groups in total. The molecule has 0 spiro atoms. The number of likely N-dealkylation sites (N-methyl/N-ethyl adjacent to an activating group) is 1. The summed E-state index contributed by atoms with van der Waals surface area (Å²) in [5.41, 5.74) is 6.07. The number of anilines is 1. The van der Waals surface area contributed by atoms with E-state index in [1.165, 1.54) is 16.7 Å². The number of nitrogens with zero attached hydrogens (tertiary/aromatic N) is 2. The predicted molar refractivity (Wildman–Crippen MR) is 154 cm³/mol. The van der Waals surface area contributed by atoms with Gasteiger partial charge in [-0.25, -0.2) is 0 Å². The number of phenolic OH excluding ortho intramolecular Hbond substituents is 1. The molecule has 0 heterocycles. The van der Waals surface area contributed by atoms with Crippen LogP contribution in [-0.2, 0) is 19.4 Å². The smallest absolute Gasteiger partial charge is 0.120 e. The van der Waals surface area contributed by atoms with E-state index in [2.05, 4.69) is 54.0 Å². The highest BCUT2D eigenvalue weighted by Gasteiger charge is 2.25. The Morgan fingerprint density at radius 3 is 2.37 bits per heavy atom. The van der Waals surface area contributed by atoms with Gasteiger partial charge in [-0.3, -0.25) is 0 Å². The van der Waals surface area contributed by atoms with E-state index >= 15 is 0 Å². The van der Waals surface area contributed by atoms with Crippen LogP contribution >= 0.6 is 0 Å². The van der Waals surface area contributed by atoms with Crippen LogP contribution in [0.3, 0.4) is 0 Å². The van der Waals surface area contributed by atoms with E-state index in [-0.39, 0.29) is 6.61 Å². The van der Waals surface area contributed by atoms with Gasteiger partial charge in [0.05, 0.1) is 13.7 Å². The largest absolute Gasteiger partial charge is 0.508 e. The van der Waals surface area contributed by atoms with Crippen molar-refractivity contribution in [3.05, 3.63) is 82.9 Å². The molecule has 38 heavy (non-hydrogen) atoms. The molecule has 0 fully saturated rings. The SMILES string of the molecule is CCN(CC)CCOc1ccc(CN(CCO)c2cc(OC)ccc2[C@@H]2CCc3cc(O)ccc3C2)cc1. The molecule has 1 atom stereocenters. The van der Waals surface area contributed by atoms with Crippen LogP contribution < -0.4 is 14.4 Å². The van der Waals surface area contributed by atoms with Crippen molar-refractivity contribution in [2.75, 3.05) is 51.4 Å². The molecule has 0 saturated carbocycles. The molecule has 6 heteroatoms. The van der Waals surface area contributed by atoms with E-state index in [1.54, 1.807) is 13.2 Å². The van der Waals surface area contributed by atoms with Gasteiger partial charge >= 0.3 is 0 Å². The first-order valence-electron chi connectivity index (χ1n) is 13.8. The number of hydrogen-bond acceptors (Lipinski definition) is 6. The van der Waals surface area contributed by atoms with Gasteiger partial charge in [-0.15, -0.1) is 0 Å². The molecule has 0 saturated heterocycles. The highest BCUT2D eigenvalue weighted by Crippen LogP contribution is 2.40. The minimum atomic E-state index is 0.0655. The fourth-order valence-electron chi connectivity index (χ4n) is 5.43. The van der Waals surface area contributed by atoms with Gasteiger partial charge in [0.15, 0.2) is 0 Å². The van der Waals surface area contributed by atoms with Crippen molar-refractivity contribution in [2.24, 2.45) is 0 Å². The Hall–Kier alpha value is -3.22. The van der Waals surface area contributed by atoms with Gasteiger partial charge < -0.3 is 29.5 Å². The van der Waals surface area contributed by atoms with Crippen LogP contribution in [0.2, 0.25) is 0 Å². The molecule has 204 valence electrons.